The predicted molar refractivity (Wildman–Crippen MR) is 140 cm³/mol. The van der Waals surface area contributed by atoms with Crippen molar-refractivity contribution in [2.75, 3.05) is 25.1 Å². The van der Waals surface area contributed by atoms with Gasteiger partial charge in [0.2, 0.25) is 10.0 Å². The second-order valence-electron chi connectivity index (χ2n) is 9.53. The van der Waals surface area contributed by atoms with Gasteiger partial charge in [-0.2, -0.15) is 10.2 Å². The van der Waals surface area contributed by atoms with Crippen LogP contribution in [-0.2, 0) is 16.6 Å². The summed E-state index contributed by atoms with van der Waals surface area (Å²) >= 11 is 0. The highest BCUT2D eigenvalue weighted by atomic mass is 32.2. The van der Waals surface area contributed by atoms with Gasteiger partial charge >= 0.3 is 0 Å². The van der Waals surface area contributed by atoms with Crippen LogP contribution in [-0.4, -0.2) is 56.4 Å². The molecule has 1 saturated heterocycles. The zero-order valence-electron chi connectivity index (χ0n) is 20.2. The summed E-state index contributed by atoms with van der Waals surface area (Å²) in [5, 5.41) is 9.82. The second kappa shape index (κ2) is 8.93. The fourth-order valence-electron chi connectivity index (χ4n) is 5.22. The Morgan fingerprint density at radius 3 is 2.57 bits per heavy atom. The van der Waals surface area contributed by atoms with E-state index in [2.05, 4.69) is 15.2 Å². The van der Waals surface area contributed by atoms with Crippen molar-refractivity contribution in [3.05, 3.63) is 78.1 Å². The van der Waals surface area contributed by atoms with Gasteiger partial charge in [0.25, 0.3) is 0 Å². The number of benzene rings is 2. The lowest BCUT2D eigenvalue weighted by atomic mass is 9.94. The molecular weight excluding hydrogens is 493 g/mol. The van der Waals surface area contributed by atoms with Crippen LogP contribution in [0.3, 0.4) is 0 Å². The molecule has 1 aliphatic rings. The quantitative estimate of drug-likeness (QED) is 0.379. The number of nitrogen functional groups attached to an aromatic ring is 1. The number of halogens is 1. The maximum absolute atomic E-state index is 15.5. The number of hydrogen-bond acceptors (Lipinski definition) is 6. The molecule has 9 nitrogen and oxygen atoms in total. The fraction of sp³-hybridized carbons (Fsp3) is 0.269. The molecule has 0 saturated carbocycles. The summed E-state index contributed by atoms with van der Waals surface area (Å²) in [4.78, 5) is 4.16. The van der Waals surface area contributed by atoms with E-state index in [0.717, 1.165) is 11.3 Å². The minimum atomic E-state index is -3.24. The zero-order chi connectivity index (χ0) is 25.7. The van der Waals surface area contributed by atoms with Crippen molar-refractivity contribution in [1.82, 2.24) is 28.7 Å². The van der Waals surface area contributed by atoms with Gasteiger partial charge in [0.05, 0.1) is 18.3 Å². The van der Waals surface area contributed by atoms with Gasteiger partial charge in [-0.05, 0) is 36.6 Å². The van der Waals surface area contributed by atoms with Gasteiger partial charge in [0, 0.05) is 47.4 Å². The van der Waals surface area contributed by atoms with Crippen molar-refractivity contribution in [2.24, 2.45) is 0 Å². The molecule has 4 heterocycles. The molecule has 190 valence electrons. The van der Waals surface area contributed by atoms with Gasteiger partial charge in [0.15, 0.2) is 5.82 Å². The first-order chi connectivity index (χ1) is 17.8. The van der Waals surface area contributed by atoms with E-state index in [9.17, 15) is 8.42 Å². The molecule has 0 radical (unpaired) electrons. The molecule has 2 aromatic carbocycles. The van der Waals surface area contributed by atoms with Crippen LogP contribution in [0.25, 0.3) is 27.5 Å². The average Bonchev–Trinajstić information content (AvgIpc) is 3.45. The molecule has 3 aromatic heterocycles. The van der Waals surface area contributed by atoms with Gasteiger partial charge in [-0.15, -0.1) is 0 Å². The number of nitrogens with two attached hydrogens (primary N) is 1. The maximum atomic E-state index is 15.5. The molecule has 0 amide bonds. The Kier molecular flexibility index (Phi) is 5.68. The Hall–Kier alpha value is -3.83. The van der Waals surface area contributed by atoms with E-state index in [4.69, 9.17) is 5.73 Å². The van der Waals surface area contributed by atoms with Gasteiger partial charge in [-0.1, -0.05) is 30.3 Å². The van der Waals surface area contributed by atoms with Gasteiger partial charge in [-0.3, -0.25) is 4.68 Å². The Balaban J connectivity index is 1.41. The van der Waals surface area contributed by atoms with Crippen LogP contribution in [0.4, 0.5) is 10.2 Å². The lowest BCUT2D eigenvalue weighted by Gasteiger charge is -2.29. The predicted octanol–water partition coefficient (Wildman–Crippen LogP) is 3.65. The van der Waals surface area contributed by atoms with E-state index in [1.165, 1.54) is 23.0 Å². The summed E-state index contributed by atoms with van der Waals surface area (Å²) < 4.78 is 44.5. The van der Waals surface area contributed by atoms with Crippen molar-refractivity contribution in [1.29, 1.82) is 0 Å². The highest BCUT2D eigenvalue weighted by Crippen LogP contribution is 2.38. The summed E-state index contributed by atoms with van der Waals surface area (Å²) in [6.07, 6.45) is 5.71. The lowest BCUT2D eigenvalue weighted by Crippen LogP contribution is -2.37. The molecule has 37 heavy (non-hydrogen) atoms. The molecule has 0 bridgehead atoms. The maximum Gasteiger partial charge on any atom is 0.211 e. The van der Waals surface area contributed by atoms with E-state index >= 15 is 4.39 Å². The monoisotopic (exact) mass is 519 g/mol. The van der Waals surface area contributed by atoms with Crippen molar-refractivity contribution < 1.29 is 12.8 Å². The van der Waals surface area contributed by atoms with Gasteiger partial charge in [-0.25, -0.2) is 26.6 Å². The van der Waals surface area contributed by atoms with E-state index < -0.39 is 10.0 Å². The molecule has 1 fully saturated rings. The molecule has 0 unspecified atom stereocenters. The van der Waals surface area contributed by atoms with Gasteiger partial charge < -0.3 is 5.73 Å². The Morgan fingerprint density at radius 1 is 1.08 bits per heavy atom. The summed E-state index contributed by atoms with van der Waals surface area (Å²) in [6, 6.07) is 15.1. The molecule has 0 atom stereocenters. The molecular formula is C26H26FN7O2S. The van der Waals surface area contributed by atoms with Crippen LogP contribution in [0, 0.1) is 5.82 Å². The zero-order valence-corrected chi connectivity index (χ0v) is 21.1. The van der Waals surface area contributed by atoms with Crippen molar-refractivity contribution in [3.8, 4) is 11.1 Å². The minimum Gasteiger partial charge on any atom is -0.382 e. The summed E-state index contributed by atoms with van der Waals surface area (Å²) in [6.45, 7) is 1.43. The lowest BCUT2D eigenvalue weighted by molar-refractivity contribution is 0.317. The van der Waals surface area contributed by atoms with Crippen LogP contribution < -0.4 is 5.73 Å². The van der Waals surface area contributed by atoms with E-state index in [1.807, 2.05) is 42.6 Å². The standard InChI is InChI=1S/C26H26FN7O2S/c1-37(35,36)33-9-7-18(8-10-33)24-13-21(25-26(28)29-16-30-34(24)25)20-12-23-19(11-22(20)27)15-32(31-23)14-17-5-3-2-4-6-17/h2-6,11-13,15-16,18H,7-10,14H2,1H3,(H2,28,29,30). The van der Waals surface area contributed by atoms with Crippen molar-refractivity contribution >= 4 is 32.3 Å². The Morgan fingerprint density at radius 2 is 1.84 bits per heavy atom. The van der Waals surface area contributed by atoms with E-state index in [-0.39, 0.29) is 17.6 Å². The first kappa shape index (κ1) is 23.6. The number of fused-ring (bicyclic) bond motifs is 2. The van der Waals surface area contributed by atoms with Crippen LogP contribution in [0.1, 0.15) is 30.0 Å². The molecule has 11 heteroatoms. The first-order valence-electron chi connectivity index (χ1n) is 12.1. The highest BCUT2D eigenvalue weighted by molar-refractivity contribution is 7.88. The summed E-state index contributed by atoms with van der Waals surface area (Å²) in [5.74, 6) is -0.0923. The first-order valence-corrected chi connectivity index (χ1v) is 13.9. The molecule has 1 aliphatic heterocycles. The number of piperidine rings is 1. The number of anilines is 1. The molecule has 5 aromatic rings. The van der Waals surface area contributed by atoms with E-state index in [1.54, 1.807) is 15.3 Å². The minimum absolute atomic E-state index is 0.0467. The summed E-state index contributed by atoms with van der Waals surface area (Å²) in [5.41, 5.74) is 10.4. The average molecular weight is 520 g/mol. The van der Waals surface area contributed by atoms with Crippen LogP contribution in [0.5, 0.6) is 0 Å². The highest BCUT2D eigenvalue weighted by Gasteiger charge is 2.29. The van der Waals surface area contributed by atoms with Crippen molar-refractivity contribution in [2.45, 2.75) is 25.3 Å². The summed E-state index contributed by atoms with van der Waals surface area (Å²) in [7, 11) is -3.24. The normalized spacial score (nSPS) is 15.6. The van der Waals surface area contributed by atoms with Crippen LogP contribution in [0.2, 0.25) is 0 Å². The third-order valence-electron chi connectivity index (χ3n) is 7.07. The third kappa shape index (κ3) is 4.34. The number of aromatic nitrogens is 5. The molecule has 2 N–H and O–H groups in total. The smallest absolute Gasteiger partial charge is 0.211 e. The van der Waals surface area contributed by atoms with Crippen molar-refractivity contribution in [3.63, 3.8) is 0 Å². The topological polar surface area (TPSA) is 111 Å². The number of rotatable bonds is 5. The molecule has 0 aliphatic carbocycles. The van der Waals surface area contributed by atoms with Gasteiger partial charge in [0.1, 0.15) is 17.7 Å². The third-order valence-corrected chi connectivity index (χ3v) is 8.37. The number of sulfonamides is 1. The van der Waals surface area contributed by atoms with Crippen LogP contribution in [0.15, 0.2) is 61.1 Å². The number of nitrogens with zero attached hydrogens (tertiary/aromatic N) is 6. The van der Waals surface area contributed by atoms with E-state index in [0.29, 0.717) is 60.0 Å². The number of hydrogen-bond donors (Lipinski definition) is 1. The molecule has 0 spiro atoms. The fourth-order valence-corrected chi connectivity index (χ4v) is 6.10. The largest absolute Gasteiger partial charge is 0.382 e. The van der Waals surface area contributed by atoms with Crippen LogP contribution >= 0.6 is 0 Å². The Bertz CT molecular complexity index is 1720. The Labute approximate surface area is 213 Å². The molecule has 6 rings (SSSR count). The second-order valence-corrected chi connectivity index (χ2v) is 11.5. The SMILES string of the molecule is CS(=O)(=O)N1CCC(c2cc(-c3cc4nn(Cc5ccccc5)cc4cc3F)c3c(N)ncnn23)CC1.